The fourth-order valence-corrected chi connectivity index (χ4v) is 2.11. The predicted octanol–water partition coefficient (Wildman–Crippen LogP) is 0.567. The van der Waals surface area contributed by atoms with Gasteiger partial charge in [-0.2, -0.15) is 0 Å². The Labute approximate surface area is 97.8 Å². The molecule has 0 saturated carbocycles. The number of benzene rings is 1. The average molecular weight is 231 g/mol. The van der Waals surface area contributed by atoms with E-state index in [1.54, 1.807) is 23.2 Å². The summed E-state index contributed by atoms with van der Waals surface area (Å²) in [5, 5.41) is 10.0. The molecule has 17 heavy (non-hydrogen) atoms. The maximum Gasteiger partial charge on any atom is 0.256 e. The number of nitrogens with zero attached hydrogens (tertiary/aromatic N) is 1. The first-order valence-corrected chi connectivity index (χ1v) is 5.49. The van der Waals surface area contributed by atoms with Gasteiger partial charge >= 0.3 is 0 Å². The van der Waals surface area contributed by atoms with Gasteiger partial charge in [0.1, 0.15) is 0 Å². The van der Waals surface area contributed by atoms with Crippen molar-refractivity contribution >= 4 is 22.5 Å². The molecule has 1 aromatic carbocycles. The molecule has 88 valence electrons. The van der Waals surface area contributed by atoms with Crippen molar-refractivity contribution in [2.45, 2.75) is 6.10 Å². The number of aromatic nitrogens is 1. The molecule has 2 aromatic rings. The summed E-state index contributed by atoms with van der Waals surface area (Å²) in [5.41, 5.74) is 7.85. The third-order valence-corrected chi connectivity index (χ3v) is 3.09. The number of hydrogen-bond donors (Lipinski definition) is 3. The van der Waals surface area contributed by atoms with Crippen LogP contribution in [0.25, 0.3) is 10.9 Å². The zero-order chi connectivity index (χ0) is 12.0. The van der Waals surface area contributed by atoms with Crippen LogP contribution >= 0.6 is 0 Å². The number of carbonyl (C=O) groups excluding carboxylic acids is 1. The Kier molecular flexibility index (Phi) is 2.09. The first-order chi connectivity index (χ1) is 8.15. The largest absolute Gasteiger partial charge is 0.399 e. The number of anilines is 1. The van der Waals surface area contributed by atoms with E-state index in [-0.39, 0.29) is 12.0 Å². The number of nitrogens with one attached hydrogen (secondary N) is 1. The first-order valence-electron chi connectivity index (χ1n) is 5.49. The highest BCUT2D eigenvalue weighted by Crippen LogP contribution is 2.23. The second kappa shape index (κ2) is 3.49. The zero-order valence-electron chi connectivity index (χ0n) is 9.18. The van der Waals surface area contributed by atoms with Gasteiger partial charge in [0, 0.05) is 35.9 Å². The van der Waals surface area contributed by atoms with Gasteiger partial charge in [0.15, 0.2) is 0 Å². The number of aromatic amines is 1. The summed E-state index contributed by atoms with van der Waals surface area (Å²) in [4.78, 5) is 16.8. The molecule has 4 N–H and O–H groups in total. The number of hydrogen-bond acceptors (Lipinski definition) is 3. The number of fused-ring (bicyclic) bond motifs is 1. The summed E-state index contributed by atoms with van der Waals surface area (Å²) in [6.07, 6.45) is 1.31. The number of H-pyrrole nitrogens is 1. The van der Waals surface area contributed by atoms with Crippen LogP contribution in [0.4, 0.5) is 5.69 Å². The molecule has 1 aliphatic heterocycles. The molecule has 0 aliphatic carbocycles. The average Bonchev–Trinajstić information content (AvgIpc) is 2.66. The van der Waals surface area contributed by atoms with Crippen LogP contribution in [0.2, 0.25) is 0 Å². The summed E-state index contributed by atoms with van der Waals surface area (Å²) < 4.78 is 0. The molecule has 0 bridgehead atoms. The Morgan fingerprint density at radius 2 is 2.24 bits per heavy atom. The first kappa shape index (κ1) is 10.2. The molecule has 1 saturated heterocycles. The normalized spacial score (nSPS) is 16.2. The fraction of sp³-hybridized carbons (Fsp3) is 0.250. The molecule has 0 radical (unpaired) electrons. The Hall–Kier alpha value is -2.01. The van der Waals surface area contributed by atoms with Crippen LogP contribution in [0.1, 0.15) is 10.4 Å². The number of nitrogen functional groups attached to an aromatic ring is 1. The van der Waals surface area contributed by atoms with Crippen molar-refractivity contribution in [3.05, 3.63) is 30.0 Å². The quantitative estimate of drug-likeness (QED) is 0.627. The maximum absolute atomic E-state index is 12.1. The minimum atomic E-state index is -0.380. The van der Waals surface area contributed by atoms with Gasteiger partial charge in [-0.05, 0) is 18.2 Å². The van der Waals surface area contributed by atoms with Crippen LogP contribution in [0.15, 0.2) is 24.4 Å². The van der Waals surface area contributed by atoms with E-state index < -0.39 is 0 Å². The SMILES string of the molecule is Nc1ccc2[nH]cc(C(=O)N3CC(O)C3)c2c1. The van der Waals surface area contributed by atoms with Crippen molar-refractivity contribution in [1.82, 2.24) is 9.88 Å². The van der Waals surface area contributed by atoms with Crippen molar-refractivity contribution in [1.29, 1.82) is 0 Å². The zero-order valence-corrected chi connectivity index (χ0v) is 9.18. The van der Waals surface area contributed by atoms with E-state index in [9.17, 15) is 9.90 Å². The minimum Gasteiger partial charge on any atom is -0.399 e. The topological polar surface area (TPSA) is 82.4 Å². The van der Waals surface area contributed by atoms with E-state index in [2.05, 4.69) is 4.98 Å². The number of likely N-dealkylation sites (tertiary alicyclic amines) is 1. The van der Waals surface area contributed by atoms with Gasteiger partial charge in [-0.3, -0.25) is 4.79 Å². The van der Waals surface area contributed by atoms with E-state index in [0.29, 0.717) is 24.3 Å². The number of rotatable bonds is 1. The van der Waals surface area contributed by atoms with Crippen molar-refractivity contribution in [2.75, 3.05) is 18.8 Å². The molecule has 1 aromatic heterocycles. The molecule has 1 amide bonds. The molecule has 0 atom stereocenters. The lowest BCUT2D eigenvalue weighted by Crippen LogP contribution is -2.53. The van der Waals surface area contributed by atoms with Crippen LogP contribution in [-0.4, -0.2) is 40.1 Å². The summed E-state index contributed by atoms with van der Waals surface area (Å²) in [5.74, 6) is -0.0628. The number of amides is 1. The molecule has 1 fully saturated rings. The lowest BCUT2D eigenvalue weighted by Gasteiger charge is -2.35. The van der Waals surface area contributed by atoms with E-state index in [0.717, 1.165) is 10.9 Å². The van der Waals surface area contributed by atoms with Gasteiger partial charge in [-0.1, -0.05) is 0 Å². The number of carbonyl (C=O) groups is 1. The lowest BCUT2D eigenvalue weighted by atomic mass is 10.1. The number of aliphatic hydroxyl groups is 1. The van der Waals surface area contributed by atoms with Gasteiger partial charge in [0.05, 0.1) is 11.7 Å². The third-order valence-electron chi connectivity index (χ3n) is 3.09. The predicted molar refractivity (Wildman–Crippen MR) is 64.6 cm³/mol. The van der Waals surface area contributed by atoms with Crippen LogP contribution in [0, 0.1) is 0 Å². The molecule has 5 nitrogen and oxygen atoms in total. The Bertz CT molecular complexity index is 584. The van der Waals surface area contributed by atoms with Crippen molar-refractivity contribution in [3.63, 3.8) is 0 Å². The number of aliphatic hydroxyl groups excluding tert-OH is 1. The van der Waals surface area contributed by atoms with E-state index in [4.69, 9.17) is 5.73 Å². The van der Waals surface area contributed by atoms with Crippen LogP contribution in [-0.2, 0) is 0 Å². The molecule has 3 rings (SSSR count). The molecule has 2 heterocycles. The van der Waals surface area contributed by atoms with Crippen LogP contribution in [0.3, 0.4) is 0 Å². The minimum absolute atomic E-state index is 0.0628. The monoisotopic (exact) mass is 231 g/mol. The van der Waals surface area contributed by atoms with Gasteiger partial charge in [0.2, 0.25) is 0 Å². The number of nitrogens with two attached hydrogens (primary N) is 1. The van der Waals surface area contributed by atoms with Crippen molar-refractivity contribution < 1.29 is 9.90 Å². The summed E-state index contributed by atoms with van der Waals surface area (Å²) in [7, 11) is 0. The standard InChI is InChI=1S/C12H13N3O2/c13-7-1-2-11-9(3-7)10(4-14-11)12(17)15-5-8(16)6-15/h1-4,8,14,16H,5-6,13H2. The summed E-state index contributed by atoms with van der Waals surface area (Å²) in [6.45, 7) is 0.821. The second-order valence-electron chi connectivity index (χ2n) is 4.37. The highest BCUT2D eigenvalue weighted by molar-refractivity contribution is 6.07. The Balaban J connectivity index is 2.00. The smallest absolute Gasteiger partial charge is 0.256 e. The van der Waals surface area contributed by atoms with Gasteiger partial charge in [0.25, 0.3) is 5.91 Å². The molecular formula is C12H13N3O2. The van der Waals surface area contributed by atoms with E-state index in [1.807, 2.05) is 6.07 Å². The molecule has 0 unspecified atom stereocenters. The Morgan fingerprint density at radius 1 is 1.47 bits per heavy atom. The molecule has 1 aliphatic rings. The van der Waals surface area contributed by atoms with Gasteiger partial charge in [-0.25, -0.2) is 0 Å². The molecular weight excluding hydrogens is 218 g/mol. The van der Waals surface area contributed by atoms with Gasteiger partial charge in [-0.15, -0.1) is 0 Å². The highest BCUT2D eigenvalue weighted by atomic mass is 16.3. The van der Waals surface area contributed by atoms with Gasteiger partial charge < -0.3 is 20.7 Å². The summed E-state index contributed by atoms with van der Waals surface area (Å²) >= 11 is 0. The number of β-amino-alcohol motifs (C(OH)–C–C–N with tert-alkyl or cyclic N) is 1. The van der Waals surface area contributed by atoms with Crippen LogP contribution < -0.4 is 5.73 Å². The van der Waals surface area contributed by atoms with Crippen molar-refractivity contribution in [3.8, 4) is 0 Å². The highest BCUT2D eigenvalue weighted by Gasteiger charge is 2.30. The van der Waals surface area contributed by atoms with Crippen LogP contribution in [0.5, 0.6) is 0 Å². The van der Waals surface area contributed by atoms with E-state index >= 15 is 0 Å². The second-order valence-corrected chi connectivity index (χ2v) is 4.37. The lowest BCUT2D eigenvalue weighted by molar-refractivity contribution is 0.00603. The Morgan fingerprint density at radius 3 is 2.94 bits per heavy atom. The molecule has 0 spiro atoms. The fourth-order valence-electron chi connectivity index (χ4n) is 2.11. The van der Waals surface area contributed by atoms with E-state index in [1.165, 1.54) is 0 Å². The molecule has 5 heteroatoms. The maximum atomic E-state index is 12.1. The summed E-state index contributed by atoms with van der Waals surface area (Å²) in [6, 6.07) is 5.43. The van der Waals surface area contributed by atoms with Crippen molar-refractivity contribution in [2.24, 2.45) is 0 Å². The third kappa shape index (κ3) is 1.55.